The first-order valence-electron chi connectivity index (χ1n) is 6.13. The van der Waals surface area contributed by atoms with Gasteiger partial charge in [0.2, 0.25) is 0 Å². The molecule has 1 aromatic heterocycles. The van der Waals surface area contributed by atoms with Gasteiger partial charge in [-0.25, -0.2) is 0 Å². The maximum Gasteiger partial charge on any atom is 0.306 e. The van der Waals surface area contributed by atoms with E-state index in [1.807, 2.05) is 6.92 Å². The number of rotatable bonds is 5. The Balaban J connectivity index is 1.80. The molecule has 0 aliphatic carbocycles. The highest BCUT2D eigenvalue weighted by molar-refractivity contribution is 5.20. The summed E-state index contributed by atoms with van der Waals surface area (Å²) in [6.45, 7) is 5.13. The fourth-order valence-corrected chi connectivity index (χ4v) is 2.27. The smallest absolute Gasteiger partial charge is 0.306 e. The summed E-state index contributed by atoms with van der Waals surface area (Å²) in [4.78, 5) is 12.3. The van der Waals surface area contributed by atoms with Gasteiger partial charge in [-0.2, -0.15) is 5.10 Å². The Morgan fingerprint density at radius 3 is 3.00 bits per heavy atom. The number of nitrogens with zero attached hydrogens (tertiary/aromatic N) is 4. The molecule has 0 radical (unpaired) electrons. The minimum atomic E-state index is -0.442. The van der Waals surface area contributed by atoms with E-state index in [-0.39, 0.29) is 11.8 Å². The summed E-state index contributed by atoms with van der Waals surface area (Å²) in [5, 5.41) is 24.0. The topological polar surface area (TPSA) is 84.4 Å². The van der Waals surface area contributed by atoms with Gasteiger partial charge < -0.3 is 10.0 Å². The summed E-state index contributed by atoms with van der Waals surface area (Å²) < 4.78 is 1.59. The molecule has 1 fully saturated rings. The second-order valence-corrected chi connectivity index (χ2v) is 4.81. The molecule has 0 bridgehead atoms. The molecule has 1 saturated heterocycles. The average Bonchev–Trinajstić information content (AvgIpc) is 2.95. The van der Waals surface area contributed by atoms with Gasteiger partial charge in [-0.1, -0.05) is 0 Å². The van der Waals surface area contributed by atoms with E-state index >= 15 is 0 Å². The number of hydrogen-bond acceptors (Lipinski definition) is 5. The molecule has 2 unspecified atom stereocenters. The molecule has 0 aromatic carbocycles. The van der Waals surface area contributed by atoms with E-state index in [1.165, 1.54) is 12.4 Å². The zero-order chi connectivity index (χ0) is 13.1. The zero-order valence-electron chi connectivity index (χ0n) is 10.4. The van der Waals surface area contributed by atoms with Gasteiger partial charge in [-0.05, 0) is 25.8 Å². The van der Waals surface area contributed by atoms with E-state index in [4.69, 9.17) is 0 Å². The zero-order valence-corrected chi connectivity index (χ0v) is 10.4. The molecule has 7 nitrogen and oxygen atoms in total. The first-order valence-corrected chi connectivity index (χ1v) is 6.13. The fourth-order valence-electron chi connectivity index (χ4n) is 2.27. The van der Waals surface area contributed by atoms with Gasteiger partial charge in [0.05, 0.1) is 17.6 Å². The van der Waals surface area contributed by atoms with Crippen LogP contribution in [-0.2, 0) is 6.54 Å². The van der Waals surface area contributed by atoms with Crippen LogP contribution in [0.25, 0.3) is 0 Å². The van der Waals surface area contributed by atoms with E-state index in [0.717, 1.165) is 26.1 Å². The molecule has 2 heterocycles. The predicted molar refractivity (Wildman–Crippen MR) is 65.1 cm³/mol. The highest BCUT2D eigenvalue weighted by atomic mass is 16.6. The third-order valence-electron chi connectivity index (χ3n) is 3.47. The first kappa shape index (κ1) is 13.0. The summed E-state index contributed by atoms with van der Waals surface area (Å²) >= 11 is 0. The number of hydrogen-bond donors (Lipinski definition) is 1. The van der Waals surface area contributed by atoms with Crippen LogP contribution in [0.5, 0.6) is 0 Å². The summed E-state index contributed by atoms with van der Waals surface area (Å²) in [6, 6.07) is 0. The Morgan fingerprint density at radius 1 is 1.67 bits per heavy atom. The number of aliphatic hydroxyl groups is 1. The molecular weight excluding hydrogens is 236 g/mol. The maximum atomic E-state index is 10.5. The Bertz CT molecular complexity index is 418. The van der Waals surface area contributed by atoms with Crippen LogP contribution < -0.4 is 0 Å². The van der Waals surface area contributed by atoms with Crippen molar-refractivity contribution in [2.24, 2.45) is 5.92 Å². The van der Waals surface area contributed by atoms with Gasteiger partial charge in [0.15, 0.2) is 0 Å². The van der Waals surface area contributed by atoms with E-state index in [2.05, 4.69) is 10.00 Å². The van der Waals surface area contributed by atoms with Crippen LogP contribution in [0.4, 0.5) is 5.69 Å². The van der Waals surface area contributed by atoms with Gasteiger partial charge in [-0.3, -0.25) is 14.8 Å². The second-order valence-electron chi connectivity index (χ2n) is 4.81. The van der Waals surface area contributed by atoms with Crippen LogP contribution in [0.3, 0.4) is 0 Å². The molecule has 2 rings (SSSR count). The van der Waals surface area contributed by atoms with Crippen molar-refractivity contribution in [3.63, 3.8) is 0 Å². The third-order valence-corrected chi connectivity index (χ3v) is 3.47. The highest BCUT2D eigenvalue weighted by Gasteiger charge is 2.25. The lowest BCUT2D eigenvalue weighted by Gasteiger charge is -2.16. The van der Waals surface area contributed by atoms with Crippen molar-refractivity contribution in [2.75, 3.05) is 19.6 Å². The van der Waals surface area contributed by atoms with Crippen molar-refractivity contribution in [1.29, 1.82) is 0 Å². The van der Waals surface area contributed by atoms with Gasteiger partial charge in [0, 0.05) is 13.1 Å². The second kappa shape index (κ2) is 5.45. The maximum absolute atomic E-state index is 10.5. The largest absolute Gasteiger partial charge is 0.393 e. The van der Waals surface area contributed by atoms with Crippen molar-refractivity contribution in [1.82, 2.24) is 14.7 Å². The van der Waals surface area contributed by atoms with Crippen molar-refractivity contribution < 1.29 is 10.0 Å². The number of likely N-dealkylation sites (tertiary alicyclic amines) is 1. The molecule has 1 aliphatic rings. The van der Waals surface area contributed by atoms with Crippen LogP contribution in [0, 0.1) is 16.0 Å². The third kappa shape index (κ3) is 3.05. The number of aliphatic hydroxyl groups excluding tert-OH is 1. The van der Waals surface area contributed by atoms with Crippen molar-refractivity contribution in [2.45, 2.75) is 26.0 Å². The molecule has 2 atom stereocenters. The van der Waals surface area contributed by atoms with Gasteiger partial charge in [0.25, 0.3) is 0 Å². The van der Waals surface area contributed by atoms with Crippen molar-refractivity contribution in [3.05, 3.63) is 22.5 Å². The summed E-state index contributed by atoms with van der Waals surface area (Å²) in [6.07, 6.45) is 3.46. The Morgan fingerprint density at radius 2 is 2.44 bits per heavy atom. The van der Waals surface area contributed by atoms with Crippen LogP contribution in [0.15, 0.2) is 12.4 Å². The monoisotopic (exact) mass is 254 g/mol. The van der Waals surface area contributed by atoms with Crippen molar-refractivity contribution >= 4 is 5.69 Å². The molecule has 18 heavy (non-hydrogen) atoms. The van der Waals surface area contributed by atoms with Gasteiger partial charge in [-0.15, -0.1) is 0 Å². The standard InChI is InChI=1S/C11H18N4O3/c1-9(16)10-2-3-13(7-10)4-5-14-8-11(6-12-14)15(17)18/h6,8-10,16H,2-5,7H2,1H3. The molecule has 0 amide bonds. The molecule has 1 aliphatic heterocycles. The molecule has 7 heteroatoms. The highest BCUT2D eigenvalue weighted by Crippen LogP contribution is 2.19. The minimum Gasteiger partial charge on any atom is -0.393 e. The summed E-state index contributed by atoms with van der Waals surface area (Å²) in [7, 11) is 0. The van der Waals surface area contributed by atoms with E-state index in [9.17, 15) is 15.2 Å². The van der Waals surface area contributed by atoms with Crippen LogP contribution in [0.2, 0.25) is 0 Å². The fraction of sp³-hybridized carbons (Fsp3) is 0.727. The quantitative estimate of drug-likeness (QED) is 0.610. The van der Waals surface area contributed by atoms with Crippen LogP contribution in [0.1, 0.15) is 13.3 Å². The van der Waals surface area contributed by atoms with E-state index < -0.39 is 4.92 Å². The summed E-state index contributed by atoms with van der Waals surface area (Å²) in [5.41, 5.74) is 0.0262. The number of nitro groups is 1. The molecule has 1 N–H and O–H groups in total. The molecular formula is C11H18N4O3. The first-order chi connectivity index (χ1) is 8.56. The number of aromatic nitrogens is 2. The lowest BCUT2D eigenvalue weighted by Crippen LogP contribution is -2.27. The average molecular weight is 254 g/mol. The molecule has 1 aromatic rings. The normalized spacial score (nSPS) is 22.2. The predicted octanol–water partition coefficient (Wildman–Crippen LogP) is 0.494. The molecule has 0 saturated carbocycles. The minimum absolute atomic E-state index is 0.0262. The van der Waals surface area contributed by atoms with E-state index in [1.54, 1.807) is 4.68 Å². The lowest BCUT2D eigenvalue weighted by molar-refractivity contribution is -0.385. The SMILES string of the molecule is CC(O)C1CCN(CCn2cc([N+](=O)[O-])cn2)C1. The van der Waals surface area contributed by atoms with Gasteiger partial charge in [0.1, 0.15) is 12.4 Å². The summed E-state index contributed by atoms with van der Waals surface area (Å²) in [5.74, 6) is 0.344. The Labute approximate surface area is 105 Å². The van der Waals surface area contributed by atoms with Crippen LogP contribution >= 0.6 is 0 Å². The molecule has 100 valence electrons. The lowest BCUT2D eigenvalue weighted by atomic mass is 10.0. The molecule has 0 spiro atoms. The van der Waals surface area contributed by atoms with Gasteiger partial charge >= 0.3 is 5.69 Å². The van der Waals surface area contributed by atoms with E-state index in [0.29, 0.717) is 12.5 Å². The Hall–Kier alpha value is -1.47. The van der Waals surface area contributed by atoms with Crippen molar-refractivity contribution in [3.8, 4) is 0 Å². The Kier molecular flexibility index (Phi) is 3.93. The van der Waals surface area contributed by atoms with Crippen LogP contribution in [-0.4, -0.2) is 50.4 Å².